The van der Waals surface area contributed by atoms with E-state index in [1.807, 2.05) is 25.1 Å². The van der Waals surface area contributed by atoms with Gasteiger partial charge in [-0.15, -0.1) is 11.3 Å². The molecule has 1 fully saturated rings. The number of amides is 1. The third-order valence-electron chi connectivity index (χ3n) is 7.00. The average molecular weight is 487 g/mol. The smallest absolute Gasteiger partial charge is 0.255 e. The zero-order valence-electron chi connectivity index (χ0n) is 20.5. The fraction of sp³-hybridized carbons (Fsp3) is 0.357. The topological polar surface area (TPSA) is 87.7 Å². The molecule has 3 atom stereocenters. The molecule has 1 saturated carbocycles. The minimum absolute atomic E-state index is 0.00471. The van der Waals surface area contributed by atoms with Crippen LogP contribution in [0.2, 0.25) is 0 Å². The third kappa shape index (κ3) is 4.91. The summed E-state index contributed by atoms with van der Waals surface area (Å²) in [5.41, 5.74) is 3.50. The molecule has 7 heteroatoms. The van der Waals surface area contributed by atoms with E-state index in [1.54, 1.807) is 12.4 Å². The van der Waals surface area contributed by atoms with E-state index in [-0.39, 0.29) is 23.1 Å². The van der Waals surface area contributed by atoms with E-state index >= 15 is 0 Å². The summed E-state index contributed by atoms with van der Waals surface area (Å²) in [4.78, 5) is 39.7. The van der Waals surface area contributed by atoms with E-state index in [2.05, 4.69) is 60.3 Å². The monoisotopic (exact) mass is 486 g/mol. The molecule has 2 N–H and O–H groups in total. The first-order valence-electron chi connectivity index (χ1n) is 12.0. The number of nitrogens with one attached hydrogen (secondary N) is 2. The van der Waals surface area contributed by atoms with Gasteiger partial charge in [0, 0.05) is 18.7 Å². The number of hydrogen-bond acceptors (Lipinski definition) is 5. The van der Waals surface area contributed by atoms with Crippen LogP contribution in [0.1, 0.15) is 72.0 Å². The van der Waals surface area contributed by atoms with Crippen LogP contribution in [-0.2, 0) is 0 Å². The standard InChI is InChI=1S/C28H30N4O2S/c1-16(28(2,3)4)31-27(34)20-14-29-26-25(20)32-21(15-30-26)23-10-11-24(35-23)22(33)13-18-12-19(18)17-8-6-5-7-9-17/h5-11,14-16,18-19H,12-13H2,1-4H3,(H,29,30)(H,31,34)/t16-,18+,19+/m0/s1. The van der Waals surface area contributed by atoms with Crippen molar-refractivity contribution in [3.05, 3.63) is 70.9 Å². The van der Waals surface area contributed by atoms with Gasteiger partial charge in [0.25, 0.3) is 5.91 Å². The summed E-state index contributed by atoms with van der Waals surface area (Å²) in [5, 5.41) is 3.06. The lowest BCUT2D eigenvalue weighted by molar-refractivity contribution is 0.0911. The Morgan fingerprint density at radius 3 is 2.69 bits per heavy atom. The highest BCUT2D eigenvalue weighted by Crippen LogP contribution is 2.50. The molecule has 5 rings (SSSR count). The second-order valence-corrected chi connectivity index (χ2v) is 11.6. The third-order valence-corrected chi connectivity index (χ3v) is 8.15. The van der Waals surface area contributed by atoms with Gasteiger partial charge in [0.1, 0.15) is 5.52 Å². The summed E-state index contributed by atoms with van der Waals surface area (Å²) >= 11 is 1.44. The molecule has 6 nitrogen and oxygen atoms in total. The second kappa shape index (κ2) is 9.04. The van der Waals surface area contributed by atoms with E-state index in [4.69, 9.17) is 4.98 Å². The number of H-pyrrole nitrogens is 1. The predicted molar refractivity (Wildman–Crippen MR) is 140 cm³/mol. The largest absolute Gasteiger partial charge is 0.349 e. The van der Waals surface area contributed by atoms with Crippen LogP contribution < -0.4 is 5.32 Å². The molecule has 1 aliphatic carbocycles. The fourth-order valence-corrected chi connectivity index (χ4v) is 5.13. The minimum Gasteiger partial charge on any atom is -0.349 e. The average Bonchev–Trinajstić information content (AvgIpc) is 3.22. The van der Waals surface area contributed by atoms with Crippen molar-refractivity contribution in [2.75, 3.05) is 0 Å². The molecule has 0 unspecified atom stereocenters. The summed E-state index contributed by atoms with van der Waals surface area (Å²) in [6, 6.07) is 14.2. The molecular weight excluding hydrogens is 456 g/mol. The quantitative estimate of drug-likeness (QED) is 0.303. The van der Waals surface area contributed by atoms with Gasteiger partial charge in [-0.05, 0) is 48.3 Å². The molecule has 180 valence electrons. The summed E-state index contributed by atoms with van der Waals surface area (Å²) in [7, 11) is 0. The number of hydrogen-bond donors (Lipinski definition) is 2. The Hall–Kier alpha value is -3.32. The Morgan fingerprint density at radius 1 is 1.17 bits per heavy atom. The van der Waals surface area contributed by atoms with Gasteiger partial charge in [0.15, 0.2) is 11.4 Å². The number of ketones is 1. The van der Waals surface area contributed by atoms with Crippen LogP contribution in [0.5, 0.6) is 0 Å². The van der Waals surface area contributed by atoms with Crippen molar-refractivity contribution in [1.82, 2.24) is 20.3 Å². The minimum atomic E-state index is -0.176. The Balaban J connectivity index is 1.31. The highest BCUT2D eigenvalue weighted by Gasteiger charge is 2.39. The van der Waals surface area contributed by atoms with Crippen molar-refractivity contribution in [2.45, 2.75) is 52.5 Å². The molecule has 3 heterocycles. The number of carbonyl (C=O) groups is 2. The lowest BCUT2D eigenvalue weighted by Gasteiger charge is -2.27. The van der Waals surface area contributed by atoms with Gasteiger partial charge in [-0.25, -0.2) is 9.97 Å². The molecule has 1 aromatic carbocycles. The number of benzene rings is 1. The van der Waals surface area contributed by atoms with Gasteiger partial charge in [-0.1, -0.05) is 51.1 Å². The Bertz CT molecular complexity index is 1380. The van der Waals surface area contributed by atoms with E-state index in [1.165, 1.54) is 16.9 Å². The molecule has 0 radical (unpaired) electrons. The highest BCUT2D eigenvalue weighted by molar-refractivity contribution is 7.17. The Kier molecular flexibility index (Phi) is 6.05. The van der Waals surface area contributed by atoms with Gasteiger partial charge in [0.05, 0.1) is 27.2 Å². The first kappa shape index (κ1) is 23.4. The van der Waals surface area contributed by atoms with Crippen LogP contribution >= 0.6 is 11.3 Å². The number of nitrogens with zero attached hydrogens (tertiary/aromatic N) is 2. The maximum Gasteiger partial charge on any atom is 0.255 e. The molecule has 3 aromatic heterocycles. The molecule has 0 spiro atoms. The molecule has 1 amide bonds. The lowest BCUT2D eigenvalue weighted by atomic mass is 9.88. The molecule has 4 aromatic rings. The molecular formula is C28H30N4O2S. The molecule has 0 aliphatic heterocycles. The van der Waals surface area contributed by atoms with Crippen LogP contribution in [0.25, 0.3) is 21.7 Å². The van der Waals surface area contributed by atoms with Crippen LogP contribution in [0.4, 0.5) is 0 Å². The first-order valence-corrected chi connectivity index (χ1v) is 12.9. The van der Waals surface area contributed by atoms with E-state index in [9.17, 15) is 9.59 Å². The highest BCUT2D eigenvalue weighted by atomic mass is 32.1. The van der Waals surface area contributed by atoms with E-state index < -0.39 is 0 Å². The van der Waals surface area contributed by atoms with Crippen molar-refractivity contribution in [3.63, 3.8) is 0 Å². The summed E-state index contributed by atoms with van der Waals surface area (Å²) in [6.07, 6.45) is 4.98. The molecule has 35 heavy (non-hydrogen) atoms. The number of rotatable bonds is 7. The molecule has 0 saturated heterocycles. The zero-order valence-corrected chi connectivity index (χ0v) is 21.3. The number of fused-ring (bicyclic) bond motifs is 1. The van der Waals surface area contributed by atoms with Crippen molar-refractivity contribution in [3.8, 4) is 10.6 Å². The predicted octanol–water partition coefficient (Wildman–Crippen LogP) is 6.23. The summed E-state index contributed by atoms with van der Waals surface area (Å²) in [6.45, 7) is 8.27. The normalized spacial score (nSPS) is 18.4. The maximum absolute atomic E-state index is 12.9. The Morgan fingerprint density at radius 2 is 1.94 bits per heavy atom. The lowest BCUT2D eigenvalue weighted by Crippen LogP contribution is -2.41. The number of aromatic amines is 1. The van der Waals surface area contributed by atoms with Gasteiger partial charge < -0.3 is 10.3 Å². The van der Waals surface area contributed by atoms with Crippen molar-refractivity contribution in [2.24, 2.45) is 11.3 Å². The van der Waals surface area contributed by atoms with Crippen LogP contribution in [0, 0.1) is 11.3 Å². The van der Waals surface area contributed by atoms with Crippen LogP contribution in [0.15, 0.2) is 54.9 Å². The number of thiophene rings is 1. The number of aromatic nitrogens is 3. The van der Waals surface area contributed by atoms with Gasteiger partial charge in [0.2, 0.25) is 0 Å². The maximum atomic E-state index is 12.9. The van der Waals surface area contributed by atoms with Gasteiger partial charge in [-0.3, -0.25) is 9.59 Å². The number of Topliss-reactive ketones (excluding diaryl/α,β-unsaturated/α-hetero) is 1. The Labute approximate surface area is 209 Å². The SMILES string of the molecule is C[C@H](NC(=O)c1c[nH]c2ncc(-c3ccc(C(=O)C[C@H]4C[C@@H]4c4ccccc4)s3)nc12)C(C)(C)C. The summed E-state index contributed by atoms with van der Waals surface area (Å²) in [5.74, 6) is 0.913. The van der Waals surface area contributed by atoms with Gasteiger partial charge in [-0.2, -0.15) is 0 Å². The van der Waals surface area contributed by atoms with Crippen molar-refractivity contribution < 1.29 is 9.59 Å². The first-order chi connectivity index (χ1) is 16.7. The zero-order chi connectivity index (χ0) is 24.7. The van der Waals surface area contributed by atoms with Crippen LogP contribution in [0.3, 0.4) is 0 Å². The summed E-state index contributed by atoms with van der Waals surface area (Å²) < 4.78 is 0. The van der Waals surface area contributed by atoms with Crippen LogP contribution in [-0.4, -0.2) is 32.7 Å². The fourth-order valence-electron chi connectivity index (χ4n) is 4.22. The molecule has 0 bridgehead atoms. The van der Waals surface area contributed by atoms with Gasteiger partial charge >= 0.3 is 0 Å². The number of carbonyl (C=O) groups excluding carboxylic acids is 2. The van der Waals surface area contributed by atoms with Crippen molar-refractivity contribution >= 4 is 34.2 Å². The van der Waals surface area contributed by atoms with E-state index in [0.29, 0.717) is 40.7 Å². The second-order valence-electron chi connectivity index (χ2n) is 10.5. The van der Waals surface area contributed by atoms with Crippen molar-refractivity contribution in [1.29, 1.82) is 0 Å². The van der Waals surface area contributed by atoms with E-state index in [0.717, 1.165) is 16.2 Å². The molecule has 1 aliphatic rings.